The second-order valence-electron chi connectivity index (χ2n) is 3.69. The van der Waals surface area contributed by atoms with Crippen molar-refractivity contribution in [3.05, 3.63) is 52.2 Å². The number of carbonyl (C=O) groups excluding carboxylic acids is 1. The number of fused-ring (bicyclic) bond motifs is 1. The second-order valence-corrected chi connectivity index (χ2v) is 4.60. The number of hydrogen-bond donors (Lipinski definition) is 0. The highest BCUT2D eigenvalue weighted by Crippen LogP contribution is 2.31. The van der Waals surface area contributed by atoms with E-state index in [2.05, 4.69) is 4.99 Å². The van der Waals surface area contributed by atoms with Crippen LogP contribution in [0.25, 0.3) is 0 Å². The van der Waals surface area contributed by atoms with Gasteiger partial charge < -0.3 is 0 Å². The minimum Gasteiger partial charge on any atom is -0.270 e. The normalized spacial score (nSPS) is 14.0. The Bertz CT molecular complexity index is 602. The molecule has 0 spiro atoms. The molecule has 2 heterocycles. The van der Waals surface area contributed by atoms with Crippen LogP contribution < -0.4 is 4.90 Å². The van der Waals surface area contributed by atoms with Gasteiger partial charge in [-0.1, -0.05) is 45.9 Å². The molecule has 1 aliphatic heterocycles. The molecule has 4 heteroatoms. The molecule has 1 aromatic carbocycles. The molecular weight excluding hydrogens is 280 g/mol. The van der Waals surface area contributed by atoms with E-state index in [1.54, 1.807) is 23.3 Å². The number of aliphatic imine (C=N–C) groups is 1. The molecule has 3 nitrogen and oxygen atoms in total. The summed E-state index contributed by atoms with van der Waals surface area (Å²) in [5, 5.41) is 1.93. The first-order chi connectivity index (χ1) is 10.3. The summed E-state index contributed by atoms with van der Waals surface area (Å²) in [7, 11) is 1.72. The third kappa shape index (κ3) is 3.22. The van der Waals surface area contributed by atoms with Crippen LogP contribution >= 0.6 is 11.3 Å². The lowest BCUT2D eigenvalue weighted by atomic mass is 10.3. The topological polar surface area (TPSA) is 32.7 Å². The number of amidine groups is 1. The van der Waals surface area contributed by atoms with E-state index in [1.807, 2.05) is 69.5 Å². The maximum Gasteiger partial charge on any atom is 0.265 e. The van der Waals surface area contributed by atoms with Crippen LogP contribution in [0, 0.1) is 0 Å². The molecule has 21 heavy (non-hydrogen) atoms. The van der Waals surface area contributed by atoms with E-state index in [4.69, 9.17) is 0 Å². The average Bonchev–Trinajstić information content (AvgIpc) is 3.14. The smallest absolute Gasteiger partial charge is 0.265 e. The van der Waals surface area contributed by atoms with E-state index < -0.39 is 0 Å². The first kappa shape index (κ1) is 17.1. The van der Waals surface area contributed by atoms with Gasteiger partial charge >= 0.3 is 0 Å². The predicted octanol–water partition coefficient (Wildman–Crippen LogP) is 4.84. The van der Waals surface area contributed by atoms with Crippen molar-refractivity contribution in [2.24, 2.45) is 4.99 Å². The molecule has 0 aliphatic carbocycles. The van der Waals surface area contributed by atoms with Gasteiger partial charge in [0.05, 0.1) is 16.1 Å². The summed E-state index contributed by atoms with van der Waals surface area (Å²) in [4.78, 5) is 19.1. The fourth-order valence-corrected chi connectivity index (χ4v) is 2.90. The lowest BCUT2D eigenvalue weighted by Gasteiger charge is -2.16. The van der Waals surface area contributed by atoms with Crippen LogP contribution in [0.4, 0.5) is 5.69 Å². The quantitative estimate of drug-likeness (QED) is 0.742. The molecule has 0 radical (unpaired) electrons. The summed E-state index contributed by atoms with van der Waals surface area (Å²) in [6.45, 7) is 8.00. The number of carbonyl (C=O) groups is 1. The van der Waals surface area contributed by atoms with E-state index in [0.717, 1.165) is 22.0 Å². The second kappa shape index (κ2) is 8.37. The number of benzene rings is 1. The van der Waals surface area contributed by atoms with Crippen LogP contribution in [-0.2, 0) is 0 Å². The average molecular weight is 302 g/mol. The SMILES string of the molecule is CC.CC.CN=C1c2sccc2C(=O)N1c1ccccc1. The third-order valence-electron chi connectivity index (χ3n) is 2.74. The van der Waals surface area contributed by atoms with Crippen molar-refractivity contribution in [2.45, 2.75) is 27.7 Å². The van der Waals surface area contributed by atoms with Gasteiger partial charge in [-0.05, 0) is 23.6 Å². The van der Waals surface area contributed by atoms with Gasteiger partial charge in [-0.25, -0.2) is 0 Å². The number of nitrogens with zero attached hydrogens (tertiary/aromatic N) is 2. The van der Waals surface area contributed by atoms with Crippen LogP contribution in [0.15, 0.2) is 46.8 Å². The van der Waals surface area contributed by atoms with Crippen LogP contribution in [-0.4, -0.2) is 18.8 Å². The number of thiophene rings is 1. The van der Waals surface area contributed by atoms with Gasteiger partial charge in [0.25, 0.3) is 5.91 Å². The Morgan fingerprint density at radius 2 is 1.62 bits per heavy atom. The Balaban J connectivity index is 0.000000510. The van der Waals surface area contributed by atoms with Crippen LogP contribution in [0.5, 0.6) is 0 Å². The molecule has 112 valence electrons. The Kier molecular flexibility index (Phi) is 6.82. The van der Waals surface area contributed by atoms with Gasteiger partial charge in [0, 0.05) is 7.05 Å². The zero-order valence-electron chi connectivity index (χ0n) is 13.3. The summed E-state index contributed by atoms with van der Waals surface area (Å²) in [6, 6.07) is 11.5. The summed E-state index contributed by atoms with van der Waals surface area (Å²) in [5.74, 6) is 0.749. The maximum absolute atomic E-state index is 12.3. The van der Waals surface area contributed by atoms with E-state index in [-0.39, 0.29) is 5.91 Å². The molecule has 1 aromatic heterocycles. The lowest BCUT2D eigenvalue weighted by Crippen LogP contribution is -2.30. The Morgan fingerprint density at radius 3 is 2.19 bits per heavy atom. The van der Waals surface area contributed by atoms with Gasteiger partial charge in [-0.2, -0.15) is 0 Å². The van der Waals surface area contributed by atoms with Crippen molar-refractivity contribution in [2.75, 3.05) is 11.9 Å². The summed E-state index contributed by atoms with van der Waals surface area (Å²) < 4.78 is 0. The zero-order chi connectivity index (χ0) is 15.8. The van der Waals surface area contributed by atoms with E-state index >= 15 is 0 Å². The standard InChI is InChI=1S/C13H10N2OS.2C2H6/c1-14-12-11-10(7-8-17-11)13(16)15(12)9-5-3-2-4-6-9;2*1-2/h2-8H,1H3;2*1-2H3. The van der Waals surface area contributed by atoms with Crippen molar-refractivity contribution in [3.63, 3.8) is 0 Å². The largest absolute Gasteiger partial charge is 0.270 e. The number of anilines is 1. The summed E-state index contributed by atoms with van der Waals surface area (Å²) >= 11 is 1.55. The minimum atomic E-state index is 0.00745. The molecule has 0 fully saturated rings. The number of amides is 1. The Hall–Kier alpha value is -1.94. The van der Waals surface area contributed by atoms with Gasteiger partial charge in [0.15, 0.2) is 5.84 Å². The highest BCUT2D eigenvalue weighted by atomic mass is 32.1. The number of para-hydroxylation sites is 1. The molecule has 1 aliphatic rings. The molecule has 2 aromatic rings. The maximum atomic E-state index is 12.3. The van der Waals surface area contributed by atoms with Gasteiger partial charge in [-0.3, -0.25) is 14.7 Å². The molecule has 0 saturated heterocycles. The van der Waals surface area contributed by atoms with Gasteiger partial charge in [0.2, 0.25) is 0 Å². The van der Waals surface area contributed by atoms with Gasteiger partial charge in [0.1, 0.15) is 0 Å². The molecule has 0 saturated carbocycles. The van der Waals surface area contributed by atoms with Crippen molar-refractivity contribution < 1.29 is 4.79 Å². The van der Waals surface area contributed by atoms with Crippen LogP contribution in [0.2, 0.25) is 0 Å². The molecule has 1 amide bonds. The molecule has 0 unspecified atom stereocenters. The third-order valence-corrected chi connectivity index (χ3v) is 3.65. The molecule has 0 bridgehead atoms. The number of hydrogen-bond acceptors (Lipinski definition) is 3. The highest BCUT2D eigenvalue weighted by molar-refractivity contribution is 7.13. The highest BCUT2D eigenvalue weighted by Gasteiger charge is 2.35. The lowest BCUT2D eigenvalue weighted by molar-refractivity contribution is 0.101. The minimum absolute atomic E-state index is 0.00745. The Morgan fingerprint density at radius 1 is 1.00 bits per heavy atom. The fourth-order valence-electron chi connectivity index (χ4n) is 1.99. The van der Waals surface area contributed by atoms with E-state index in [9.17, 15) is 4.79 Å². The molecular formula is C17H22N2OS. The number of rotatable bonds is 1. The first-order valence-corrected chi connectivity index (χ1v) is 8.15. The van der Waals surface area contributed by atoms with E-state index in [0.29, 0.717) is 0 Å². The Labute approximate surface area is 131 Å². The van der Waals surface area contributed by atoms with Crippen LogP contribution in [0.1, 0.15) is 42.9 Å². The van der Waals surface area contributed by atoms with Crippen LogP contribution in [0.3, 0.4) is 0 Å². The monoisotopic (exact) mass is 302 g/mol. The zero-order valence-corrected chi connectivity index (χ0v) is 14.1. The summed E-state index contributed by atoms with van der Waals surface area (Å²) in [6.07, 6.45) is 0. The molecule has 0 atom stereocenters. The first-order valence-electron chi connectivity index (χ1n) is 7.27. The van der Waals surface area contributed by atoms with E-state index in [1.165, 1.54) is 0 Å². The van der Waals surface area contributed by atoms with Gasteiger partial charge in [-0.15, -0.1) is 11.3 Å². The summed E-state index contributed by atoms with van der Waals surface area (Å²) in [5.41, 5.74) is 1.61. The van der Waals surface area contributed by atoms with Crippen molar-refractivity contribution in [1.29, 1.82) is 0 Å². The fraction of sp³-hybridized carbons (Fsp3) is 0.294. The van der Waals surface area contributed by atoms with Crippen molar-refractivity contribution in [3.8, 4) is 0 Å². The molecule has 3 rings (SSSR count). The van der Waals surface area contributed by atoms with Crippen molar-refractivity contribution in [1.82, 2.24) is 0 Å². The van der Waals surface area contributed by atoms with Crippen molar-refractivity contribution >= 4 is 28.8 Å². The molecule has 0 N–H and O–H groups in total. The predicted molar refractivity (Wildman–Crippen MR) is 92.7 cm³/mol.